The number of nitrogens with zero attached hydrogens (tertiary/aromatic N) is 2. The highest BCUT2D eigenvalue weighted by Crippen LogP contribution is 2.35. The molecule has 0 radical (unpaired) electrons. The third kappa shape index (κ3) is 2.60. The summed E-state index contributed by atoms with van der Waals surface area (Å²) in [5.74, 6) is -0.00120. The minimum Gasteiger partial charge on any atom is -0.506 e. The van der Waals surface area contributed by atoms with Crippen LogP contribution in [0.3, 0.4) is 0 Å². The van der Waals surface area contributed by atoms with Gasteiger partial charge >= 0.3 is 0 Å². The van der Waals surface area contributed by atoms with Crippen molar-refractivity contribution < 1.29 is 9.90 Å². The molecule has 3 rings (SSSR count). The Labute approximate surface area is 150 Å². The molecule has 6 heteroatoms. The molecule has 0 amide bonds. The van der Waals surface area contributed by atoms with Crippen molar-refractivity contribution in [1.82, 2.24) is 9.55 Å². The molecule has 3 aromatic rings. The van der Waals surface area contributed by atoms with Gasteiger partial charge in [-0.05, 0) is 56.5 Å². The summed E-state index contributed by atoms with van der Waals surface area (Å²) in [5.41, 5.74) is 3.13. The number of carbonyl (C=O) groups excluding carboxylic acids is 1. The van der Waals surface area contributed by atoms with Gasteiger partial charge in [0.25, 0.3) is 0 Å². The lowest BCUT2D eigenvalue weighted by atomic mass is 10.00. The van der Waals surface area contributed by atoms with Crippen molar-refractivity contribution in [3.05, 3.63) is 56.4 Å². The van der Waals surface area contributed by atoms with E-state index in [1.807, 2.05) is 24.6 Å². The molecule has 2 heterocycles. The van der Waals surface area contributed by atoms with Crippen LogP contribution in [0.2, 0.25) is 0 Å². The van der Waals surface area contributed by atoms with E-state index in [9.17, 15) is 9.90 Å². The first-order valence-electron chi connectivity index (χ1n) is 7.09. The lowest BCUT2D eigenvalue weighted by Crippen LogP contribution is -2.06. The first kappa shape index (κ1) is 16.2. The lowest BCUT2D eigenvalue weighted by Gasteiger charge is -2.07. The molecule has 0 aliphatic carbocycles. The van der Waals surface area contributed by atoms with Crippen molar-refractivity contribution >= 4 is 48.5 Å². The number of aryl methyl sites for hydroxylation is 1. The molecule has 0 spiro atoms. The normalized spacial score (nSPS) is 11.1. The summed E-state index contributed by atoms with van der Waals surface area (Å²) < 4.78 is 2.99. The zero-order valence-electron chi connectivity index (χ0n) is 12.6. The molecule has 118 valence electrons. The largest absolute Gasteiger partial charge is 0.506 e. The molecule has 0 fully saturated rings. The molecule has 0 aliphatic heterocycles. The number of ketones is 1. The first-order valence-corrected chi connectivity index (χ1v) is 8.68. The number of pyridine rings is 1. The van der Waals surface area contributed by atoms with Crippen LogP contribution < -0.4 is 0 Å². The van der Waals surface area contributed by atoms with Crippen molar-refractivity contribution in [3.8, 4) is 5.75 Å². The quantitative estimate of drug-likeness (QED) is 0.609. The van der Waals surface area contributed by atoms with Gasteiger partial charge in [-0.1, -0.05) is 6.92 Å². The van der Waals surface area contributed by atoms with Crippen molar-refractivity contribution in [1.29, 1.82) is 0 Å². The molecule has 0 bridgehead atoms. The van der Waals surface area contributed by atoms with E-state index in [-0.39, 0.29) is 11.5 Å². The van der Waals surface area contributed by atoms with Crippen LogP contribution in [0.1, 0.15) is 28.5 Å². The number of fused-ring (bicyclic) bond motifs is 1. The first-order chi connectivity index (χ1) is 11.0. The molecule has 0 atom stereocenters. The summed E-state index contributed by atoms with van der Waals surface area (Å²) in [6.07, 6.45) is 4.20. The Morgan fingerprint density at radius 3 is 2.57 bits per heavy atom. The molecule has 0 unspecified atom stereocenters. The van der Waals surface area contributed by atoms with E-state index < -0.39 is 0 Å². The van der Waals surface area contributed by atoms with Crippen LogP contribution in [0.5, 0.6) is 5.75 Å². The van der Waals surface area contributed by atoms with Crippen molar-refractivity contribution in [2.24, 2.45) is 7.05 Å². The number of rotatable bonds is 3. The second-order valence-electron chi connectivity index (χ2n) is 5.24. The van der Waals surface area contributed by atoms with E-state index in [4.69, 9.17) is 0 Å². The maximum atomic E-state index is 13.1. The van der Waals surface area contributed by atoms with Crippen molar-refractivity contribution in [3.63, 3.8) is 0 Å². The Balaban J connectivity index is 2.26. The lowest BCUT2D eigenvalue weighted by molar-refractivity contribution is 0.103. The van der Waals surface area contributed by atoms with Crippen molar-refractivity contribution in [2.45, 2.75) is 13.3 Å². The third-order valence-corrected chi connectivity index (χ3v) is 5.17. The van der Waals surface area contributed by atoms with Gasteiger partial charge in [0.05, 0.1) is 20.0 Å². The van der Waals surface area contributed by atoms with Crippen LogP contribution in [-0.2, 0) is 13.5 Å². The Kier molecular flexibility index (Phi) is 4.29. The summed E-state index contributed by atoms with van der Waals surface area (Å²) in [5, 5.41) is 10.7. The topological polar surface area (TPSA) is 55.1 Å². The molecule has 2 aromatic heterocycles. The Hall–Kier alpha value is -1.66. The number of phenolic OH excluding ortho intramolecular Hbond substituents is 1. The van der Waals surface area contributed by atoms with Gasteiger partial charge in [-0.25, -0.2) is 0 Å². The maximum absolute atomic E-state index is 13.1. The number of benzene rings is 1. The summed E-state index contributed by atoms with van der Waals surface area (Å²) in [7, 11) is 1.96. The summed E-state index contributed by atoms with van der Waals surface area (Å²) >= 11 is 6.56. The molecule has 0 saturated heterocycles. The van der Waals surface area contributed by atoms with Gasteiger partial charge in [0.15, 0.2) is 5.78 Å². The Morgan fingerprint density at radius 2 is 1.96 bits per heavy atom. The van der Waals surface area contributed by atoms with Gasteiger partial charge in [0.1, 0.15) is 5.75 Å². The van der Waals surface area contributed by atoms with Gasteiger partial charge in [-0.2, -0.15) is 0 Å². The fourth-order valence-electron chi connectivity index (χ4n) is 2.85. The van der Waals surface area contributed by atoms with E-state index in [1.54, 1.807) is 24.5 Å². The highest BCUT2D eigenvalue weighted by molar-refractivity contribution is 9.11. The molecular formula is C17H14Br2N2O2. The van der Waals surface area contributed by atoms with Crippen LogP contribution in [0.15, 0.2) is 39.5 Å². The van der Waals surface area contributed by atoms with Crippen LogP contribution in [0.25, 0.3) is 10.9 Å². The van der Waals surface area contributed by atoms with Gasteiger partial charge in [0, 0.05) is 36.1 Å². The smallest absolute Gasteiger partial charge is 0.195 e. The standard InChI is InChI=1S/C17H14Br2N2O2/c1-3-13-15(10-8-20-5-4-14(10)21(13)2)16(22)9-6-11(18)17(23)12(19)7-9/h4-8,23H,3H2,1-2H3. The van der Waals surface area contributed by atoms with E-state index in [0.717, 1.165) is 23.0 Å². The number of halogens is 2. The summed E-state index contributed by atoms with van der Waals surface area (Å²) in [6.45, 7) is 2.03. The third-order valence-electron chi connectivity index (χ3n) is 3.96. The number of carbonyl (C=O) groups is 1. The number of aromatic hydroxyl groups is 1. The maximum Gasteiger partial charge on any atom is 0.195 e. The van der Waals surface area contributed by atoms with E-state index in [1.165, 1.54) is 0 Å². The number of hydrogen-bond acceptors (Lipinski definition) is 3. The summed E-state index contributed by atoms with van der Waals surface area (Å²) in [6, 6.07) is 5.18. The molecular weight excluding hydrogens is 424 g/mol. The minimum atomic E-state index is -0.0816. The molecule has 1 aromatic carbocycles. The fraction of sp³-hybridized carbons (Fsp3) is 0.176. The Morgan fingerprint density at radius 1 is 1.30 bits per heavy atom. The van der Waals surface area contributed by atoms with E-state index >= 15 is 0 Å². The molecule has 0 saturated carbocycles. The minimum absolute atomic E-state index is 0.0804. The molecule has 23 heavy (non-hydrogen) atoms. The Bertz CT molecular complexity index is 909. The average Bonchev–Trinajstić information content (AvgIpc) is 2.84. The van der Waals surface area contributed by atoms with Crippen molar-refractivity contribution in [2.75, 3.05) is 0 Å². The number of aromatic nitrogens is 2. The predicted molar refractivity (Wildman–Crippen MR) is 97.0 cm³/mol. The van der Waals surface area contributed by atoms with Gasteiger partial charge in [-0.3, -0.25) is 9.78 Å². The molecule has 0 aliphatic rings. The number of hydrogen-bond donors (Lipinski definition) is 1. The van der Waals surface area contributed by atoms with Crippen LogP contribution >= 0.6 is 31.9 Å². The molecule has 1 N–H and O–H groups in total. The highest BCUT2D eigenvalue weighted by atomic mass is 79.9. The van der Waals surface area contributed by atoms with Crippen LogP contribution in [0.4, 0.5) is 0 Å². The highest BCUT2D eigenvalue weighted by Gasteiger charge is 2.22. The zero-order valence-corrected chi connectivity index (χ0v) is 15.8. The van der Waals surface area contributed by atoms with Gasteiger partial charge in [0.2, 0.25) is 0 Å². The second kappa shape index (κ2) is 6.09. The predicted octanol–water partition coefficient (Wildman–Crippen LogP) is 4.60. The number of phenols is 1. The van der Waals surface area contributed by atoms with Gasteiger partial charge < -0.3 is 9.67 Å². The summed E-state index contributed by atoms with van der Waals surface area (Å²) in [4.78, 5) is 17.3. The zero-order chi connectivity index (χ0) is 16.7. The van der Waals surface area contributed by atoms with Gasteiger partial charge in [-0.15, -0.1) is 0 Å². The monoisotopic (exact) mass is 436 g/mol. The fourth-order valence-corrected chi connectivity index (χ4v) is 4.04. The second-order valence-corrected chi connectivity index (χ2v) is 6.95. The molecule has 4 nitrogen and oxygen atoms in total. The SMILES string of the molecule is CCc1c(C(=O)c2cc(Br)c(O)c(Br)c2)c2cnccc2n1C. The van der Waals surface area contributed by atoms with Crippen LogP contribution in [0, 0.1) is 0 Å². The average molecular weight is 438 g/mol. The van der Waals surface area contributed by atoms with E-state index in [2.05, 4.69) is 36.8 Å². The van der Waals surface area contributed by atoms with Crippen LogP contribution in [-0.4, -0.2) is 20.4 Å². The van der Waals surface area contributed by atoms with E-state index in [0.29, 0.717) is 20.1 Å².